The van der Waals surface area contributed by atoms with Gasteiger partial charge in [-0.2, -0.15) is 0 Å². The molecule has 0 aliphatic heterocycles. The van der Waals surface area contributed by atoms with Crippen LogP contribution in [0.5, 0.6) is 0 Å². The average molecular weight is 451 g/mol. The number of carboxylic acids is 1. The molecule has 0 spiro atoms. The molecular weight excluding hydrogens is 415 g/mol. The molecule has 3 nitrogen and oxygen atoms in total. The Labute approximate surface area is 191 Å². The van der Waals surface area contributed by atoms with Crippen LogP contribution in [0, 0.1) is 29.1 Å². The van der Waals surface area contributed by atoms with E-state index in [-0.39, 0.29) is 17.3 Å². The maximum Gasteiger partial charge on any atom is 0.328 e. The lowest BCUT2D eigenvalue weighted by Gasteiger charge is -2.50. The van der Waals surface area contributed by atoms with Gasteiger partial charge in [-0.15, -0.1) is 0 Å². The number of hydrogen-bond donors (Lipinski definition) is 1. The number of halogens is 2. The first-order valence-electron chi connectivity index (χ1n) is 11.1. The molecular formula is C26H36ClFO3. The first-order valence-corrected chi connectivity index (χ1v) is 11.5. The van der Waals surface area contributed by atoms with E-state index in [0.29, 0.717) is 46.0 Å². The zero-order valence-corrected chi connectivity index (χ0v) is 20.5. The lowest BCUT2D eigenvalue weighted by molar-refractivity contribution is -0.131. The van der Waals surface area contributed by atoms with E-state index >= 15 is 4.39 Å². The zero-order chi connectivity index (χ0) is 23.5. The third kappa shape index (κ3) is 5.71. The number of allylic oxidation sites excluding steroid dienone is 7. The summed E-state index contributed by atoms with van der Waals surface area (Å²) in [5.41, 5.74) is 1.65. The van der Waals surface area contributed by atoms with Gasteiger partial charge in [-0.25, -0.2) is 9.18 Å². The Hall–Kier alpha value is -1.81. The molecule has 1 saturated carbocycles. The molecule has 2 rings (SSSR count). The van der Waals surface area contributed by atoms with Crippen LogP contribution in [0.4, 0.5) is 4.39 Å². The molecule has 0 amide bonds. The first-order chi connectivity index (χ1) is 14.4. The molecule has 172 valence electrons. The molecule has 1 fully saturated rings. The van der Waals surface area contributed by atoms with Crippen molar-refractivity contribution >= 4 is 17.6 Å². The van der Waals surface area contributed by atoms with Crippen LogP contribution in [0.1, 0.15) is 61.3 Å². The van der Waals surface area contributed by atoms with Crippen LogP contribution >= 0.6 is 11.6 Å². The molecule has 0 aromatic heterocycles. The number of rotatable bonds is 7. The number of carboxylic acid groups (broad SMARTS) is 1. The molecule has 31 heavy (non-hydrogen) atoms. The fraction of sp³-hybridized carbons (Fsp3) is 0.577. The SMILES string of the molecule is CCOC1=C(Cl)C2C(C=C1\C(C)=C(F)/C=C/C(C)=C/C(=O)O)C(C(C)C)CCC2(C)C. The molecule has 0 heterocycles. The van der Waals surface area contributed by atoms with Gasteiger partial charge in [-0.1, -0.05) is 51.4 Å². The topological polar surface area (TPSA) is 46.5 Å². The Morgan fingerprint density at radius 1 is 1.35 bits per heavy atom. The molecule has 1 N–H and O–H groups in total. The van der Waals surface area contributed by atoms with Gasteiger partial charge in [-0.3, -0.25) is 0 Å². The first kappa shape index (κ1) is 25.5. The van der Waals surface area contributed by atoms with Crippen molar-refractivity contribution in [2.24, 2.45) is 29.1 Å². The molecule has 2 aliphatic rings. The Morgan fingerprint density at radius 2 is 2.00 bits per heavy atom. The third-order valence-corrected chi connectivity index (χ3v) is 7.09. The minimum absolute atomic E-state index is 0.0341. The van der Waals surface area contributed by atoms with Gasteiger partial charge in [0.1, 0.15) is 11.6 Å². The van der Waals surface area contributed by atoms with Crippen LogP contribution in [0.15, 0.2) is 57.6 Å². The number of aliphatic carboxylic acids is 1. The summed E-state index contributed by atoms with van der Waals surface area (Å²) in [7, 11) is 0. The van der Waals surface area contributed by atoms with Crippen molar-refractivity contribution < 1.29 is 19.0 Å². The van der Waals surface area contributed by atoms with Crippen LogP contribution in [-0.2, 0) is 9.53 Å². The second-order valence-corrected chi connectivity index (χ2v) is 10.1. The Morgan fingerprint density at radius 3 is 2.55 bits per heavy atom. The van der Waals surface area contributed by atoms with E-state index in [0.717, 1.165) is 18.9 Å². The monoisotopic (exact) mass is 450 g/mol. The lowest BCUT2D eigenvalue weighted by Crippen LogP contribution is -2.43. The number of fused-ring (bicyclic) bond motifs is 1. The Kier molecular flexibility index (Phi) is 8.38. The number of carbonyl (C=O) groups is 1. The van der Waals surface area contributed by atoms with Crippen molar-refractivity contribution in [2.45, 2.75) is 61.3 Å². The van der Waals surface area contributed by atoms with E-state index in [1.54, 1.807) is 13.8 Å². The standard InChI is InChI=1S/C26H36ClFO3/c1-8-31-25-19(17(5)21(28)10-9-16(4)13-22(29)30)14-20-18(15(2)3)11-12-26(6,7)23(20)24(25)27/h9-10,13-15,18,20,23H,8,11-12H2,1-7H3,(H,29,30)/b10-9+,16-13+,21-17+. The minimum atomic E-state index is -1.06. The lowest BCUT2D eigenvalue weighted by atomic mass is 9.56. The minimum Gasteiger partial charge on any atom is -0.492 e. The zero-order valence-electron chi connectivity index (χ0n) is 19.8. The van der Waals surface area contributed by atoms with Crippen LogP contribution in [0.3, 0.4) is 0 Å². The van der Waals surface area contributed by atoms with Gasteiger partial charge in [0.15, 0.2) is 0 Å². The molecule has 0 aromatic carbocycles. The summed E-state index contributed by atoms with van der Waals surface area (Å²) >= 11 is 6.99. The summed E-state index contributed by atoms with van der Waals surface area (Å²) < 4.78 is 21.1. The summed E-state index contributed by atoms with van der Waals surface area (Å²) in [6, 6.07) is 0. The van der Waals surface area contributed by atoms with E-state index in [1.807, 2.05) is 6.92 Å². The second kappa shape index (κ2) is 10.2. The predicted octanol–water partition coefficient (Wildman–Crippen LogP) is 7.57. The Bertz CT molecular complexity index is 858. The van der Waals surface area contributed by atoms with Crippen LogP contribution in [0.2, 0.25) is 0 Å². The quantitative estimate of drug-likeness (QED) is 0.321. The van der Waals surface area contributed by atoms with Crippen molar-refractivity contribution in [1.29, 1.82) is 0 Å². The van der Waals surface area contributed by atoms with Crippen molar-refractivity contribution in [2.75, 3.05) is 6.61 Å². The maximum absolute atomic E-state index is 15.1. The molecule has 0 saturated heterocycles. The highest BCUT2D eigenvalue weighted by atomic mass is 35.5. The molecule has 2 aliphatic carbocycles. The van der Waals surface area contributed by atoms with Crippen molar-refractivity contribution in [3.8, 4) is 0 Å². The highest BCUT2D eigenvalue weighted by molar-refractivity contribution is 6.30. The van der Waals surface area contributed by atoms with Crippen LogP contribution in [0.25, 0.3) is 0 Å². The van der Waals surface area contributed by atoms with Gasteiger partial charge in [0.2, 0.25) is 0 Å². The fourth-order valence-corrected chi connectivity index (χ4v) is 5.59. The summed E-state index contributed by atoms with van der Waals surface area (Å²) in [6.45, 7) is 14.7. The Balaban J connectivity index is 2.58. The smallest absolute Gasteiger partial charge is 0.328 e. The number of hydrogen-bond acceptors (Lipinski definition) is 2. The van der Waals surface area contributed by atoms with Gasteiger partial charge in [-0.05, 0) is 74.0 Å². The molecule has 3 unspecified atom stereocenters. The molecule has 0 bridgehead atoms. The summed E-state index contributed by atoms with van der Waals surface area (Å²) in [5, 5.41) is 9.54. The third-order valence-electron chi connectivity index (χ3n) is 6.69. The van der Waals surface area contributed by atoms with Crippen molar-refractivity contribution in [1.82, 2.24) is 0 Å². The fourth-order valence-electron chi connectivity index (χ4n) is 4.99. The summed E-state index contributed by atoms with van der Waals surface area (Å²) in [6.07, 6.45) is 8.20. The largest absolute Gasteiger partial charge is 0.492 e. The van der Waals surface area contributed by atoms with Gasteiger partial charge in [0.25, 0.3) is 0 Å². The summed E-state index contributed by atoms with van der Waals surface area (Å²) in [5.74, 6) is 0.414. The van der Waals surface area contributed by atoms with Crippen LogP contribution < -0.4 is 0 Å². The number of ether oxygens (including phenoxy) is 1. The second-order valence-electron chi connectivity index (χ2n) is 9.71. The predicted molar refractivity (Wildman–Crippen MR) is 125 cm³/mol. The molecule has 0 aromatic rings. The van der Waals surface area contributed by atoms with Crippen LogP contribution in [-0.4, -0.2) is 17.7 Å². The van der Waals surface area contributed by atoms with E-state index in [1.165, 1.54) is 12.2 Å². The van der Waals surface area contributed by atoms with Gasteiger partial charge in [0.05, 0.1) is 11.6 Å². The van der Waals surface area contributed by atoms with Crippen molar-refractivity contribution in [3.63, 3.8) is 0 Å². The van der Waals surface area contributed by atoms with E-state index in [9.17, 15) is 4.79 Å². The van der Waals surface area contributed by atoms with E-state index in [4.69, 9.17) is 21.4 Å². The highest BCUT2D eigenvalue weighted by Crippen LogP contribution is 2.57. The van der Waals surface area contributed by atoms with E-state index < -0.39 is 11.8 Å². The van der Waals surface area contributed by atoms with E-state index in [2.05, 4.69) is 33.8 Å². The van der Waals surface area contributed by atoms with Gasteiger partial charge < -0.3 is 9.84 Å². The molecule has 3 atom stereocenters. The summed E-state index contributed by atoms with van der Waals surface area (Å²) in [4.78, 5) is 10.8. The van der Waals surface area contributed by atoms with Crippen molar-refractivity contribution in [3.05, 3.63) is 57.6 Å². The highest BCUT2D eigenvalue weighted by Gasteiger charge is 2.48. The van der Waals surface area contributed by atoms with Gasteiger partial charge >= 0.3 is 5.97 Å². The molecule has 0 radical (unpaired) electrons. The normalized spacial score (nSPS) is 27.2. The average Bonchev–Trinajstić information content (AvgIpc) is 2.66. The molecule has 5 heteroatoms. The van der Waals surface area contributed by atoms with Gasteiger partial charge in [0, 0.05) is 17.6 Å². The maximum atomic E-state index is 15.1.